The van der Waals surface area contributed by atoms with Gasteiger partial charge in [0, 0.05) is 34.1 Å². The molecule has 1 aliphatic carbocycles. The second kappa shape index (κ2) is 16.3. The average molecular weight is 805 g/mol. The van der Waals surface area contributed by atoms with Crippen molar-refractivity contribution in [2.75, 3.05) is 9.80 Å². The fraction of sp³-hybridized carbons (Fsp3) is 0.0164. The summed E-state index contributed by atoms with van der Waals surface area (Å²) in [6.45, 7) is 0. The van der Waals surface area contributed by atoms with Crippen molar-refractivity contribution in [1.82, 2.24) is 0 Å². The van der Waals surface area contributed by atoms with Crippen molar-refractivity contribution in [3.05, 3.63) is 289 Å². The van der Waals surface area contributed by atoms with Crippen LogP contribution in [-0.2, 0) is 5.41 Å². The minimum Gasteiger partial charge on any atom is -0.311 e. The molecule has 10 aromatic rings. The van der Waals surface area contributed by atoms with Crippen LogP contribution < -0.4 is 9.80 Å². The van der Waals surface area contributed by atoms with Crippen LogP contribution in [0, 0.1) is 0 Å². The fourth-order valence-electron chi connectivity index (χ4n) is 9.66. The van der Waals surface area contributed by atoms with E-state index in [0.717, 1.165) is 34.1 Å². The highest BCUT2D eigenvalue weighted by molar-refractivity contribution is 5.91. The van der Waals surface area contributed by atoms with Gasteiger partial charge in [0.15, 0.2) is 0 Å². The number of benzene rings is 10. The van der Waals surface area contributed by atoms with Gasteiger partial charge in [0.05, 0.1) is 5.41 Å². The first kappa shape index (κ1) is 37.8. The minimum atomic E-state index is -0.548. The van der Waals surface area contributed by atoms with Crippen molar-refractivity contribution in [3.8, 4) is 33.4 Å². The Morgan fingerprint density at radius 3 is 0.778 bits per heavy atom. The monoisotopic (exact) mass is 804 g/mol. The molecule has 0 N–H and O–H groups in total. The van der Waals surface area contributed by atoms with Crippen molar-refractivity contribution >= 4 is 34.1 Å². The molecule has 0 unspecified atom stereocenters. The molecule has 0 fully saturated rings. The van der Waals surface area contributed by atoms with Gasteiger partial charge in [0.2, 0.25) is 0 Å². The summed E-state index contributed by atoms with van der Waals surface area (Å²) >= 11 is 0. The second-order valence-electron chi connectivity index (χ2n) is 16.1. The quantitative estimate of drug-likeness (QED) is 0.136. The highest BCUT2D eigenvalue weighted by Gasteiger charge is 2.46. The molecule has 0 bridgehead atoms. The van der Waals surface area contributed by atoms with E-state index >= 15 is 0 Å². The Bertz CT molecular complexity index is 2820. The first-order chi connectivity index (χ1) is 31.3. The predicted molar refractivity (Wildman–Crippen MR) is 264 cm³/mol. The van der Waals surface area contributed by atoms with Gasteiger partial charge in [-0.3, -0.25) is 0 Å². The van der Waals surface area contributed by atoms with E-state index in [4.69, 9.17) is 0 Å². The maximum Gasteiger partial charge on any atom is 0.0713 e. The van der Waals surface area contributed by atoms with Gasteiger partial charge in [-0.05, 0) is 141 Å². The summed E-state index contributed by atoms with van der Waals surface area (Å²) in [5.41, 5.74) is 18.5. The standard InChI is InChI=1S/C61H44N2/c1-7-19-49(20-8-1)61(50-21-9-2-10-22-50)59-43-47(45-31-37-55(38-32-45)62(51-23-11-3-12-24-51)52-25-13-4-14-26-52)35-41-57(59)58-42-36-48(44-60(58)61)46-33-39-56(40-34-46)63(53-27-15-5-16-28-53)54-29-17-6-18-30-54/h1-44H. The molecule has 0 aliphatic heterocycles. The van der Waals surface area contributed by atoms with E-state index in [1.54, 1.807) is 0 Å². The molecule has 1 aliphatic rings. The van der Waals surface area contributed by atoms with Gasteiger partial charge in [-0.15, -0.1) is 0 Å². The lowest BCUT2D eigenvalue weighted by Gasteiger charge is -2.34. The van der Waals surface area contributed by atoms with Crippen LogP contribution in [0.5, 0.6) is 0 Å². The van der Waals surface area contributed by atoms with Gasteiger partial charge >= 0.3 is 0 Å². The number of fused-ring (bicyclic) bond motifs is 3. The maximum atomic E-state index is 2.45. The van der Waals surface area contributed by atoms with Crippen molar-refractivity contribution < 1.29 is 0 Å². The third-order valence-corrected chi connectivity index (χ3v) is 12.5. The van der Waals surface area contributed by atoms with Crippen LogP contribution in [0.25, 0.3) is 33.4 Å². The third-order valence-electron chi connectivity index (χ3n) is 12.5. The molecule has 10 aromatic carbocycles. The van der Waals surface area contributed by atoms with E-state index in [-0.39, 0.29) is 0 Å². The molecule has 298 valence electrons. The number of nitrogens with zero attached hydrogens (tertiary/aromatic N) is 2. The summed E-state index contributed by atoms with van der Waals surface area (Å²) in [6, 6.07) is 96.8. The van der Waals surface area contributed by atoms with Gasteiger partial charge in [-0.1, -0.05) is 182 Å². The largest absolute Gasteiger partial charge is 0.311 e. The Hall–Kier alpha value is -8.20. The molecule has 2 nitrogen and oxygen atoms in total. The number of hydrogen-bond donors (Lipinski definition) is 0. The number of para-hydroxylation sites is 4. The molecule has 0 saturated carbocycles. The Morgan fingerprint density at radius 1 is 0.222 bits per heavy atom. The smallest absolute Gasteiger partial charge is 0.0713 e. The van der Waals surface area contributed by atoms with Gasteiger partial charge in [0.25, 0.3) is 0 Å². The highest BCUT2D eigenvalue weighted by atomic mass is 15.1. The molecule has 2 heteroatoms. The molecule has 0 spiro atoms. The zero-order valence-electron chi connectivity index (χ0n) is 34.8. The van der Waals surface area contributed by atoms with Crippen LogP contribution in [0.3, 0.4) is 0 Å². The highest BCUT2D eigenvalue weighted by Crippen LogP contribution is 2.57. The summed E-state index contributed by atoms with van der Waals surface area (Å²) in [5, 5.41) is 0. The zero-order valence-corrected chi connectivity index (χ0v) is 34.8. The molecule has 63 heavy (non-hydrogen) atoms. The molecule has 0 heterocycles. The number of rotatable bonds is 10. The molecule has 0 saturated heterocycles. The lowest BCUT2D eigenvalue weighted by molar-refractivity contribution is 0.769. The molecule has 11 rings (SSSR count). The molecular weight excluding hydrogens is 761 g/mol. The molecule has 0 aromatic heterocycles. The Morgan fingerprint density at radius 2 is 0.476 bits per heavy atom. The van der Waals surface area contributed by atoms with Crippen molar-refractivity contribution in [2.24, 2.45) is 0 Å². The van der Waals surface area contributed by atoms with E-state index in [1.807, 2.05) is 0 Å². The van der Waals surface area contributed by atoms with E-state index in [1.165, 1.54) is 55.6 Å². The van der Waals surface area contributed by atoms with Crippen molar-refractivity contribution in [1.29, 1.82) is 0 Å². The van der Waals surface area contributed by atoms with Gasteiger partial charge in [-0.25, -0.2) is 0 Å². The number of anilines is 6. The molecule has 0 atom stereocenters. The van der Waals surface area contributed by atoms with Crippen LogP contribution in [0.2, 0.25) is 0 Å². The van der Waals surface area contributed by atoms with Crippen LogP contribution in [0.1, 0.15) is 22.3 Å². The van der Waals surface area contributed by atoms with Crippen molar-refractivity contribution in [2.45, 2.75) is 5.41 Å². The Balaban J connectivity index is 1.02. The normalized spacial score (nSPS) is 12.3. The summed E-state index contributed by atoms with van der Waals surface area (Å²) in [6.07, 6.45) is 0. The third kappa shape index (κ3) is 6.79. The second-order valence-corrected chi connectivity index (χ2v) is 16.1. The minimum absolute atomic E-state index is 0.548. The summed E-state index contributed by atoms with van der Waals surface area (Å²) in [4.78, 5) is 4.62. The molecular formula is C61H44N2. The zero-order chi connectivity index (χ0) is 42.0. The van der Waals surface area contributed by atoms with Crippen molar-refractivity contribution in [3.63, 3.8) is 0 Å². The van der Waals surface area contributed by atoms with Crippen LogP contribution in [-0.4, -0.2) is 0 Å². The van der Waals surface area contributed by atoms with E-state index < -0.39 is 5.41 Å². The first-order valence-corrected chi connectivity index (χ1v) is 21.7. The maximum absolute atomic E-state index is 2.45. The SMILES string of the molecule is c1ccc(N(c2ccccc2)c2ccc(-c3ccc4c(c3)C(c3ccccc3)(c3ccccc3)c3cc(-c5ccc(N(c6ccccc6)c6ccccc6)cc5)ccc3-4)cc2)cc1. The summed E-state index contributed by atoms with van der Waals surface area (Å²) in [7, 11) is 0. The van der Waals surface area contributed by atoms with E-state index in [0.29, 0.717) is 0 Å². The summed E-state index contributed by atoms with van der Waals surface area (Å²) in [5.74, 6) is 0. The Kier molecular flexibility index (Phi) is 9.80. The Labute approximate surface area is 370 Å². The first-order valence-electron chi connectivity index (χ1n) is 21.7. The average Bonchev–Trinajstić information content (AvgIpc) is 3.66. The number of hydrogen-bond acceptors (Lipinski definition) is 2. The molecule has 0 radical (unpaired) electrons. The van der Waals surface area contributed by atoms with Crippen LogP contribution >= 0.6 is 0 Å². The van der Waals surface area contributed by atoms with Gasteiger partial charge in [-0.2, -0.15) is 0 Å². The van der Waals surface area contributed by atoms with Gasteiger partial charge < -0.3 is 9.80 Å². The van der Waals surface area contributed by atoms with Gasteiger partial charge in [0.1, 0.15) is 0 Å². The topological polar surface area (TPSA) is 6.48 Å². The van der Waals surface area contributed by atoms with Crippen LogP contribution in [0.15, 0.2) is 267 Å². The van der Waals surface area contributed by atoms with E-state index in [9.17, 15) is 0 Å². The summed E-state index contributed by atoms with van der Waals surface area (Å²) < 4.78 is 0. The van der Waals surface area contributed by atoms with Crippen LogP contribution in [0.4, 0.5) is 34.1 Å². The predicted octanol–water partition coefficient (Wildman–Crippen LogP) is 16.3. The fourth-order valence-corrected chi connectivity index (χ4v) is 9.66. The molecule has 0 amide bonds. The lowest BCUT2D eigenvalue weighted by atomic mass is 9.67. The lowest BCUT2D eigenvalue weighted by Crippen LogP contribution is -2.28. The van der Waals surface area contributed by atoms with E-state index in [2.05, 4.69) is 277 Å².